The second-order valence-electron chi connectivity index (χ2n) is 5.98. The molecular weight excluding hydrogens is 336 g/mol. The van der Waals surface area contributed by atoms with Gasteiger partial charge in [0, 0.05) is 37.8 Å². The maximum atomic E-state index is 12.8. The number of carbonyl (C=O) groups is 2. The van der Waals surface area contributed by atoms with E-state index in [1.807, 2.05) is 0 Å². The summed E-state index contributed by atoms with van der Waals surface area (Å²) < 4.78 is 15.8. The largest absolute Gasteiger partial charge is 0.497 e. The van der Waals surface area contributed by atoms with Gasteiger partial charge in [-0.15, -0.1) is 6.58 Å². The van der Waals surface area contributed by atoms with Crippen molar-refractivity contribution >= 4 is 11.8 Å². The van der Waals surface area contributed by atoms with Gasteiger partial charge in [-0.3, -0.25) is 9.59 Å². The van der Waals surface area contributed by atoms with E-state index in [0.717, 1.165) is 0 Å². The summed E-state index contributed by atoms with van der Waals surface area (Å²) in [6, 6.07) is 5.10. The number of hydrogen-bond donors (Lipinski definition) is 0. The van der Waals surface area contributed by atoms with Crippen molar-refractivity contribution in [3.63, 3.8) is 0 Å². The lowest BCUT2D eigenvalue weighted by Crippen LogP contribution is -2.52. The van der Waals surface area contributed by atoms with Crippen LogP contribution in [0.4, 0.5) is 0 Å². The Hall–Kier alpha value is -2.54. The molecule has 1 aromatic carbocycles. The maximum Gasteiger partial charge on any atom is 0.254 e. The zero-order chi connectivity index (χ0) is 19.1. The first kappa shape index (κ1) is 19.8. The number of methoxy groups -OCH3 is 2. The normalized spacial score (nSPS) is 15.3. The monoisotopic (exact) mass is 362 g/mol. The number of rotatable bonds is 7. The quantitative estimate of drug-likeness (QED) is 0.689. The number of piperazine rings is 1. The molecule has 0 bridgehead atoms. The van der Waals surface area contributed by atoms with Gasteiger partial charge in [0.25, 0.3) is 11.8 Å². The third-order valence-corrected chi connectivity index (χ3v) is 4.29. The van der Waals surface area contributed by atoms with Crippen LogP contribution in [-0.2, 0) is 9.53 Å². The highest BCUT2D eigenvalue weighted by atomic mass is 16.5. The molecule has 1 atom stereocenters. The van der Waals surface area contributed by atoms with E-state index in [2.05, 4.69) is 6.58 Å². The molecule has 7 heteroatoms. The summed E-state index contributed by atoms with van der Waals surface area (Å²) in [5, 5.41) is 0. The molecule has 1 heterocycles. The van der Waals surface area contributed by atoms with Crippen LogP contribution in [-0.4, -0.2) is 74.7 Å². The number of amides is 2. The smallest absolute Gasteiger partial charge is 0.254 e. The van der Waals surface area contributed by atoms with Crippen molar-refractivity contribution in [1.29, 1.82) is 0 Å². The first-order valence-electron chi connectivity index (χ1n) is 8.53. The molecular formula is C19H26N2O5. The summed E-state index contributed by atoms with van der Waals surface area (Å²) >= 11 is 0. The van der Waals surface area contributed by atoms with Crippen molar-refractivity contribution in [2.24, 2.45) is 0 Å². The van der Waals surface area contributed by atoms with Crippen LogP contribution in [0.5, 0.6) is 11.5 Å². The number of nitrogens with zero attached hydrogens (tertiary/aromatic N) is 2. The Morgan fingerprint density at radius 1 is 1.08 bits per heavy atom. The first-order chi connectivity index (χ1) is 12.5. The third kappa shape index (κ3) is 4.76. The minimum absolute atomic E-state index is 0.0676. The molecule has 142 valence electrons. The van der Waals surface area contributed by atoms with Gasteiger partial charge in [-0.05, 0) is 19.1 Å². The van der Waals surface area contributed by atoms with E-state index in [9.17, 15) is 9.59 Å². The predicted molar refractivity (Wildman–Crippen MR) is 97.6 cm³/mol. The molecule has 26 heavy (non-hydrogen) atoms. The maximum absolute atomic E-state index is 12.8. The summed E-state index contributed by atoms with van der Waals surface area (Å²) in [6.07, 6.45) is 1.10. The first-order valence-corrected chi connectivity index (χ1v) is 8.53. The second-order valence-corrected chi connectivity index (χ2v) is 5.98. The van der Waals surface area contributed by atoms with Crippen molar-refractivity contribution in [3.8, 4) is 11.5 Å². The van der Waals surface area contributed by atoms with Gasteiger partial charge in [0.2, 0.25) is 0 Å². The SMILES string of the molecule is C=CCOC(C)C(=O)N1CCN(C(=O)c2cc(OC)cc(OC)c2)CC1. The zero-order valence-electron chi connectivity index (χ0n) is 15.6. The van der Waals surface area contributed by atoms with Crippen molar-refractivity contribution < 1.29 is 23.8 Å². The van der Waals surface area contributed by atoms with Gasteiger partial charge < -0.3 is 24.0 Å². The highest BCUT2D eigenvalue weighted by molar-refractivity contribution is 5.95. The molecule has 1 fully saturated rings. The average Bonchev–Trinajstić information content (AvgIpc) is 2.70. The van der Waals surface area contributed by atoms with E-state index in [4.69, 9.17) is 14.2 Å². The molecule has 1 aliphatic heterocycles. The summed E-state index contributed by atoms with van der Waals surface area (Å²) in [5.41, 5.74) is 0.503. The van der Waals surface area contributed by atoms with Gasteiger partial charge in [-0.1, -0.05) is 6.08 Å². The Labute approximate surface area is 154 Å². The van der Waals surface area contributed by atoms with Gasteiger partial charge in [-0.25, -0.2) is 0 Å². The van der Waals surface area contributed by atoms with Crippen LogP contribution in [0.1, 0.15) is 17.3 Å². The zero-order valence-corrected chi connectivity index (χ0v) is 15.6. The second kappa shape index (κ2) is 9.24. The molecule has 1 aromatic rings. The van der Waals surface area contributed by atoms with Gasteiger partial charge >= 0.3 is 0 Å². The van der Waals surface area contributed by atoms with E-state index in [0.29, 0.717) is 49.8 Å². The van der Waals surface area contributed by atoms with Gasteiger partial charge in [0.05, 0.1) is 20.8 Å². The predicted octanol–water partition coefficient (Wildman–Crippen LogP) is 1.58. The lowest BCUT2D eigenvalue weighted by molar-refractivity contribution is -0.143. The lowest BCUT2D eigenvalue weighted by Gasteiger charge is -2.36. The Morgan fingerprint density at radius 2 is 1.62 bits per heavy atom. The van der Waals surface area contributed by atoms with Crippen LogP contribution in [0.3, 0.4) is 0 Å². The summed E-state index contributed by atoms with van der Waals surface area (Å²) in [4.78, 5) is 28.6. The Morgan fingerprint density at radius 3 is 2.12 bits per heavy atom. The molecule has 0 N–H and O–H groups in total. The van der Waals surface area contributed by atoms with Gasteiger partial charge in [-0.2, -0.15) is 0 Å². The standard InChI is InChI=1S/C19H26N2O5/c1-5-10-26-14(2)18(22)20-6-8-21(9-7-20)19(23)15-11-16(24-3)13-17(12-15)25-4/h5,11-14H,1,6-10H2,2-4H3. The van der Waals surface area contributed by atoms with E-state index < -0.39 is 6.10 Å². The fraction of sp³-hybridized carbons (Fsp3) is 0.474. The molecule has 1 aliphatic rings. The van der Waals surface area contributed by atoms with Crippen molar-refractivity contribution in [3.05, 3.63) is 36.4 Å². The number of ether oxygens (including phenoxy) is 3. The third-order valence-electron chi connectivity index (χ3n) is 4.29. The fourth-order valence-corrected chi connectivity index (χ4v) is 2.78. The van der Waals surface area contributed by atoms with Crippen molar-refractivity contribution in [1.82, 2.24) is 9.80 Å². The lowest BCUT2D eigenvalue weighted by atomic mass is 10.1. The highest BCUT2D eigenvalue weighted by Crippen LogP contribution is 2.23. The number of hydrogen-bond acceptors (Lipinski definition) is 5. The number of carbonyl (C=O) groups excluding carboxylic acids is 2. The molecule has 1 saturated heterocycles. The summed E-state index contributed by atoms with van der Waals surface area (Å²) in [7, 11) is 3.09. The molecule has 2 rings (SSSR count). The molecule has 0 saturated carbocycles. The Bertz CT molecular complexity index is 631. The van der Waals surface area contributed by atoms with Crippen LogP contribution in [0.15, 0.2) is 30.9 Å². The topological polar surface area (TPSA) is 68.3 Å². The van der Waals surface area contributed by atoms with Crippen LogP contribution in [0.2, 0.25) is 0 Å². The van der Waals surface area contributed by atoms with E-state index >= 15 is 0 Å². The van der Waals surface area contributed by atoms with E-state index in [1.54, 1.807) is 55.2 Å². The summed E-state index contributed by atoms with van der Waals surface area (Å²) in [5.74, 6) is 0.955. The minimum Gasteiger partial charge on any atom is -0.497 e. The minimum atomic E-state index is -0.516. The van der Waals surface area contributed by atoms with Crippen molar-refractivity contribution in [2.75, 3.05) is 47.0 Å². The van der Waals surface area contributed by atoms with Crippen molar-refractivity contribution in [2.45, 2.75) is 13.0 Å². The number of benzene rings is 1. The summed E-state index contributed by atoms with van der Waals surface area (Å²) in [6.45, 7) is 7.54. The van der Waals surface area contributed by atoms with Crippen LogP contribution < -0.4 is 9.47 Å². The fourth-order valence-electron chi connectivity index (χ4n) is 2.78. The van der Waals surface area contributed by atoms with Crippen LogP contribution in [0, 0.1) is 0 Å². The highest BCUT2D eigenvalue weighted by Gasteiger charge is 2.28. The molecule has 0 aliphatic carbocycles. The van der Waals surface area contributed by atoms with Crippen LogP contribution >= 0.6 is 0 Å². The molecule has 2 amide bonds. The van der Waals surface area contributed by atoms with Gasteiger partial charge in [0.1, 0.15) is 17.6 Å². The molecule has 1 unspecified atom stereocenters. The molecule has 0 aromatic heterocycles. The molecule has 7 nitrogen and oxygen atoms in total. The van der Waals surface area contributed by atoms with Gasteiger partial charge in [0.15, 0.2) is 0 Å². The average molecular weight is 362 g/mol. The molecule has 0 radical (unpaired) electrons. The van der Waals surface area contributed by atoms with E-state index in [-0.39, 0.29) is 11.8 Å². The Balaban J connectivity index is 1.98. The van der Waals surface area contributed by atoms with E-state index in [1.165, 1.54) is 0 Å². The van der Waals surface area contributed by atoms with Crippen LogP contribution in [0.25, 0.3) is 0 Å². The Kier molecular flexibility index (Phi) is 7.03. The molecule has 0 spiro atoms.